The van der Waals surface area contributed by atoms with Gasteiger partial charge in [0, 0.05) is 18.4 Å². The lowest BCUT2D eigenvalue weighted by Crippen LogP contribution is -2.03. The Morgan fingerprint density at radius 1 is 1.28 bits per heavy atom. The van der Waals surface area contributed by atoms with Crippen molar-refractivity contribution in [3.05, 3.63) is 49.5 Å². The van der Waals surface area contributed by atoms with Crippen molar-refractivity contribution >= 4 is 43.9 Å². The summed E-state index contributed by atoms with van der Waals surface area (Å²) in [6, 6.07) is 7.73. The number of methoxy groups -OCH3 is 2. The molecule has 1 aromatic heterocycles. The van der Waals surface area contributed by atoms with Crippen LogP contribution in [0.4, 0.5) is 5.82 Å². The third-order valence-electron chi connectivity index (χ3n) is 3.25. The molecule has 0 amide bonds. The molecule has 1 heterocycles. The molecule has 0 aliphatic heterocycles. The highest BCUT2D eigenvalue weighted by Gasteiger charge is 2.11. The quantitative estimate of drug-likeness (QED) is 0.503. The second-order valence-corrected chi connectivity index (χ2v) is 6.79. The van der Waals surface area contributed by atoms with Crippen LogP contribution in [0, 0.1) is 18.3 Å². The van der Waals surface area contributed by atoms with Gasteiger partial charge in [-0.1, -0.05) is 0 Å². The molecule has 6 nitrogen and oxygen atoms in total. The summed E-state index contributed by atoms with van der Waals surface area (Å²) in [7, 11) is 3.19. The molecule has 2 rings (SSSR count). The maximum Gasteiger partial charge on any atom is 0.164 e. The number of ether oxygens (including phenoxy) is 2. The Morgan fingerprint density at radius 3 is 2.52 bits per heavy atom. The zero-order chi connectivity index (χ0) is 18.4. The molecule has 0 fully saturated rings. The van der Waals surface area contributed by atoms with Crippen LogP contribution in [0.5, 0.6) is 5.75 Å². The minimum absolute atomic E-state index is 0.336. The number of nitrogens with one attached hydrogen (secondary N) is 1. The van der Waals surface area contributed by atoms with Gasteiger partial charge in [0.1, 0.15) is 17.4 Å². The van der Waals surface area contributed by atoms with Gasteiger partial charge in [0.05, 0.1) is 28.9 Å². The lowest BCUT2D eigenvalue weighted by Gasteiger charge is -2.09. The summed E-state index contributed by atoms with van der Waals surface area (Å²) in [6.07, 6.45) is 1.64. The average Bonchev–Trinajstić information content (AvgIpc) is 2.55. The predicted molar refractivity (Wildman–Crippen MR) is 104 cm³/mol. The normalized spacial score (nSPS) is 10.7. The molecule has 0 bridgehead atoms. The van der Waals surface area contributed by atoms with Gasteiger partial charge in [0.2, 0.25) is 0 Å². The van der Waals surface area contributed by atoms with E-state index in [1.54, 1.807) is 20.4 Å². The number of benzene rings is 1. The molecule has 130 valence electrons. The molecular formula is C17H16Br2N4O2. The van der Waals surface area contributed by atoms with E-state index in [1.165, 1.54) is 0 Å². The van der Waals surface area contributed by atoms with Crippen molar-refractivity contribution in [3.8, 4) is 11.8 Å². The smallest absolute Gasteiger partial charge is 0.164 e. The first-order chi connectivity index (χ1) is 12.0. The van der Waals surface area contributed by atoms with Gasteiger partial charge in [-0.2, -0.15) is 10.4 Å². The van der Waals surface area contributed by atoms with Gasteiger partial charge >= 0.3 is 0 Å². The Balaban J connectivity index is 2.27. The molecule has 2 aromatic rings. The molecule has 1 aromatic carbocycles. The van der Waals surface area contributed by atoms with Crippen molar-refractivity contribution in [1.82, 2.24) is 4.98 Å². The lowest BCUT2D eigenvalue weighted by molar-refractivity contribution is 0.184. The van der Waals surface area contributed by atoms with E-state index in [4.69, 9.17) is 9.47 Å². The summed E-state index contributed by atoms with van der Waals surface area (Å²) < 4.78 is 12.0. The van der Waals surface area contributed by atoms with E-state index in [0.717, 1.165) is 25.8 Å². The summed E-state index contributed by atoms with van der Waals surface area (Å²) in [4.78, 5) is 4.34. The van der Waals surface area contributed by atoms with Crippen LogP contribution >= 0.6 is 31.9 Å². The highest BCUT2D eigenvalue weighted by molar-refractivity contribution is 9.11. The summed E-state index contributed by atoms with van der Waals surface area (Å²) >= 11 is 6.90. The molecule has 0 unspecified atom stereocenters. The van der Waals surface area contributed by atoms with Gasteiger partial charge in [-0.05, 0) is 62.5 Å². The van der Waals surface area contributed by atoms with Crippen LogP contribution in [0.1, 0.15) is 22.4 Å². The Morgan fingerprint density at radius 2 is 1.96 bits per heavy atom. The molecule has 0 aliphatic rings. The van der Waals surface area contributed by atoms with Crippen molar-refractivity contribution in [1.29, 1.82) is 5.26 Å². The van der Waals surface area contributed by atoms with Crippen LogP contribution in [-0.4, -0.2) is 25.4 Å². The van der Waals surface area contributed by atoms with E-state index in [1.807, 2.05) is 25.1 Å². The Hall–Kier alpha value is -1.95. The van der Waals surface area contributed by atoms with E-state index in [0.29, 0.717) is 23.7 Å². The molecule has 1 N–H and O–H groups in total. The Kier molecular flexibility index (Phi) is 6.93. The fourth-order valence-electron chi connectivity index (χ4n) is 2.23. The molecule has 0 saturated carbocycles. The van der Waals surface area contributed by atoms with Gasteiger partial charge in [-0.3, -0.25) is 5.43 Å². The van der Waals surface area contributed by atoms with Crippen LogP contribution in [0.15, 0.2) is 32.2 Å². The van der Waals surface area contributed by atoms with Gasteiger partial charge in [0.15, 0.2) is 5.82 Å². The number of aromatic nitrogens is 1. The van der Waals surface area contributed by atoms with Crippen LogP contribution in [0.25, 0.3) is 0 Å². The molecule has 0 aliphatic carbocycles. The number of hydrazone groups is 1. The molecule has 0 saturated heterocycles. The summed E-state index contributed by atoms with van der Waals surface area (Å²) in [5, 5.41) is 13.6. The number of nitriles is 1. The van der Waals surface area contributed by atoms with Gasteiger partial charge in [-0.25, -0.2) is 4.98 Å². The minimum atomic E-state index is 0.336. The fraction of sp³-hybridized carbons (Fsp3) is 0.235. The zero-order valence-corrected chi connectivity index (χ0v) is 17.1. The molecule has 25 heavy (non-hydrogen) atoms. The lowest BCUT2D eigenvalue weighted by atomic mass is 10.1. The molecule has 0 atom stereocenters. The van der Waals surface area contributed by atoms with Crippen LogP contribution in [0.3, 0.4) is 0 Å². The highest BCUT2D eigenvalue weighted by Crippen LogP contribution is 2.34. The van der Waals surface area contributed by atoms with Crippen LogP contribution < -0.4 is 10.2 Å². The highest BCUT2D eigenvalue weighted by atomic mass is 79.9. The third kappa shape index (κ3) is 4.78. The van der Waals surface area contributed by atoms with E-state index < -0.39 is 0 Å². The zero-order valence-electron chi connectivity index (χ0n) is 13.9. The van der Waals surface area contributed by atoms with Crippen molar-refractivity contribution in [2.75, 3.05) is 19.6 Å². The van der Waals surface area contributed by atoms with Crippen molar-refractivity contribution in [2.24, 2.45) is 5.10 Å². The summed E-state index contributed by atoms with van der Waals surface area (Å²) in [5.74, 6) is 1.11. The first-order valence-electron chi connectivity index (χ1n) is 7.21. The largest absolute Gasteiger partial charge is 0.494 e. The summed E-state index contributed by atoms with van der Waals surface area (Å²) in [5.41, 5.74) is 5.64. The molecule has 0 radical (unpaired) electrons. The second kappa shape index (κ2) is 8.94. The maximum atomic E-state index is 9.40. The van der Waals surface area contributed by atoms with Gasteiger partial charge in [-0.15, -0.1) is 0 Å². The topological polar surface area (TPSA) is 79.5 Å². The Labute approximate surface area is 163 Å². The van der Waals surface area contributed by atoms with Gasteiger partial charge in [0.25, 0.3) is 0 Å². The number of hydrogen-bond donors (Lipinski definition) is 1. The minimum Gasteiger partial charge on any atom is -0.494 e. The van der Waals surface area contributed by atoms with Crippen LogP contribution in [0.2, 0.25) is 0 Å². The predicted octanol–water partition coefficient (Wildman–Crippen LogP) is 4.39. The SMILES string of the molecule is COCc1cc(C)nc(NN=Cc2cc(Br)c(OC)c(Br)c2)c1C#N. The molecule has 8 heteroatoms. The maximum absolute atomic E-state index is 9.40. The third-order valence-corrected chi connectivity index (χ3v) is 4.43. The molecular weight excluding hydrogens is 452 g/mol. The number of nitrogens with zero attached hydrogens (tertiary/aromatic N) is 3. The first-order valence-corrected chi connectivity index (χ1v) is 8.80. The van der Waals surface area contributed by atoms with E-state index in [-0.39, 0.29) is 0 Å². The molecule has 0 spiro atoms. The summed E-state index contributed by atoms with van der Waals surface area (Å²) in [6.45, 7) is 2.19. The first kappa shape index (κ1) is 19.4. The monoisotopic (exact) mass is 466 g/mol. The van der Waals surface area contributed by atoms with E-state index in [9.17, 15) is 5.26 Å². The van der Waals surface area contributed by atoms with Gasteiger partial charge < -0.3 is 9.47 Å². The van der Waals surface area contributed by atoms with E-state index >= 15 is 0 Å². The van der Waals surface area contributed by atoms with E-state index in [2.05, 4.69) is 53.4 Å². The Bertz CT molecular complexity index is 824. The number of aryl methyl sites for hydroxylation is 1. The van der Waals surface area contributed by atoms with Crippen molar-refractivity contribution in [2.45, 2.75) is 13.5 Å². The number of halogens is 2. The average molecular weight is 468 g/mol. The number of pyridine rings is 1. The number of hydrogen-bond acceptors (Lipinski definition) is 6. The standard InChI is InChI=1S/C17H16Br2N4O2/c1-10-4-12(9-24-2)13(7-20)17(22-10)23-21-8-11-5-14(18)16(25-3)15(19)6-11/h4-6,8H,9H2,1-3H3,(H,22,23). The fourth-order valence-corrected chi connectivity index (χ4v) is 3.78. The van der Waals surface area contributed by atoms with Crippen LogP contribution in [-0.2, 0) is 11.3 Å². The number of anilines is 1. The number of rotatable bonds is 6. The second-order valence-electron chi connectivity index (χ2n) is 5.08. The van der Waals surface area contributed by atoms with Crippen molar-refractivity contribution in [3.63, 3.8) is 0 Å². The van der Waals surface area contributed by atoms with Crippen molar-refractivity contribution < 1.29 is 9.47 Å².